The molecule has 212 valence electrons. The van der Waals surface area contributed by atoms with Crippen molar-refractivity contribution in [2.45, 2.75) is 11.8 Å². The van der Waals surface area contributed by atoms with Gasteiger partial charge in [0.15, 0.2) is 0 Å². The van der Waals surface area contributed by atoms with Crippen LogP contribution in [0.2, 0.25) is 0 Å². The number of rotatable bonds is 7. The Kier molecular flexibility index (Phi) is 7.95. The Morgan fingerprint density at radius 3 is 2.56 bits per heavy atom. The second-order valence-corrected chi connectivity index (χ2v) is 11.0. The van der Waals surface area contributed by atoms with Crippen LogP contribution in [0.3, 0.4) is 0 Å². The molecule has 4 aromatic rings. The number of carbonyl (C=O) groups is 1. The average molecular weight is 581 g/mol. The molecule has 1 fully saturated rings. The van der Waals surface area contributed by atoms with Gasteiger partial charge < -0.3 is 14.4 Å². The van der Waals surface area contributed by atoms with Gasteiger partial charge in [-0.25, -0.2) is 22.2 Å². The van der Waals surface area contributed by atoms with Crippen LogP contribution in [0.4, 0.5) is 14.5 Å². The van der Waals surface area contributed by atoms with Crippen LogP contribution in [0.15, 0.2) is 71.9 Å². The number of ether oxygens (including phenoxy) is 2. The highest BCUT2D eigenvalue weighted by molar-refractivity contribution is 7.92. The average Bonchev–Trinajstić information content (AvgIpc) is 2.96. The zero-order chi connectivity index (χ0) is 29.1. The topological polar surface area (TPSA) is 111 Å². The SMILES string of the molecule is COc1ncc(-c2ccc3nccc(/C(C)=C/C(=O)N4CCOCC4)c3c2)cc1NS(=O)(=O)c1ccc(F)cc1F. The lowest BCUT2D eigenvalue weighted by molar-refractivity contribution is -0.129. The van der Waals surface area contributed by atoms with Gasteiger partial charge in [0.25, 0.3) is 10.0 Å². The molecule has 1 amide bonds. The minimum Gasteiger partial charge on any atom is -0.480 e. The number of amides is 1. The third-order valence-corrected chi connectivity index (χ3v) is 8.03. The number of halogens is 2. The Morgan fingerprint density at radius 2 is 1.83 bits per heavy atom. The highest BCUT2D eigenvalue weighted by Crippen LogP contribution is 2.33. The number of benzene rings is 2. The fraction of sp³-hybridized carbons (Fsp3) is 0.207. The standard InChI is InChI=1S/C29H26F2N4O5S/c1-18(13-28(36)35-9-11-40-12-10-35)22-7-8-32-25-5-3-19(14-23(22)25)20-15-26(29(39-2)33-17-20)34-41(37,38)27-6-4-21(30)16-24(27)31/h3-8,13-17,34H,9-12H2,1-2H3/b18-13+. The number of nitrogens with zero attached hydrogens (tertiary/aromatic N) is 3. The number of hydrogen-bond donors (Lipinski definition) is 1. The molecule has 0 unspecified atom stereocenters. The summed E-state index contributed by atoms with van der Waals surface area (Å²) in [6.45, 7) is 3.94. The largest absolute Gasteiger partial charge is 0.480 e. The van der Waals surface area contributed by atoms with Crippen LogP contribution in [-0.2, 0) is 19.6 Å². The lowest BCUT2D eigenvalue weighted by Gasteiger charge is -2.25. The Morgan fingerprint density at radius 1 is 1.05 bits per heavy atom. The number of aromatic nitrogens is 2. The van der Waals surface area contributed by atoms with Crippen molar-refractivity contribution in [1.29, 1.82) is 0 Å². The van der Waals surface area contributed by atoms with Gasteiger partial charge in [0, 0.05) is 48.6 Å². The van der Waals surface area contributed by atoms with Gasteiger partial charge in [0.1, 0.15) is 22.2 Å². The van der Waals surface area contributed by atoms with Gasteiger partial charge in [0.2, 0.25) is 11.8 Å². The van der Waals surface area contributed by atoms with Crippen molar-refractivity contribution >= 4 is 38.1 Å². The predicted molar refractivity (Wildman–Crippen MR) is 150 cm³/mol. The van der Waals surface area contributed by atoms with Crippen LogP contribution in [-0.4, -0.2) is 62.6 Å². The van der Waals surface area contributed by atoms with E-state index in [9.17, 15) is 22.0 Å². The van der Waals surface area contributed by atoms with E-state index >= 15 is 0 Å². The lowest BCUT2D eigenvalue weighted by atomic mass is 9.98. The molecule has 3 heterocycles. The van der Waals surface area contributed by atoms with Gasteiger partial charge in [-0.05, 0) is 60.0 Å². The second-order valence-electron chi connectivity index (χ2n) is 9.32. The van der Waals surface area contributed by atoms with Gasteiger partial charge in [-0.2, -0.15) is 0 Å². The molecular weight excluding hydrogens is 554 g/mol. The monoisotopic (exact) mass is 580 g/mol. The molecule has 0 bridgehead atoms. The summed E-state index contributed by atoms with van der Waals surface area (Å²) in [7, 11) is -3.12. The smallest absolute Gasteiger partial charge is 0.264 e. The van der Waals surface area contributed by atoms with Crippen molar-refractivity contribution in [1.82, 2.24) is 14.9 Å². The number of carbonyl (C=O) groups excluding carboxylic acids is 1. The Balaban J connectivity index is 1.51. The van der Waals surface area contributed by atoms with Gasteiger partial charge in [-0.1, -0.05) is 6.07 Å². The molecule has 41 heavy (non-hydrogen) atoms. The van der Waals surface area contributed by atoms with Crippen molar-refractivity contribution in [3.8, 4) is 17.0 Å². The zero-order valence-corrected chi connectivity index (χ0v) is 23.0. The number of fused-ring (bicyclic) bond motifs is 1. The van der Waals surface area contributed by atoms with E-state index in [2.05, 4.69) is 14.7 Å². The third-order valence-electron chi connectivity index (χ3n) is 6.63. The molecule has 12 heteroatoms. The molecule has 5 rings (SSSR count). The number of methoxy groups -OCH3 is 1. The zero-order valence-electron chi connectivity index (χ0n) is 22.2. The summed E-state index contributed by atoms with van der Waals surface area (Å²) in [4.78, 5) is 22.5. The normalized spacial score (nSPS) is 14.2. The van der Waals surface area contributed by atoms with Crippen LogP contribution >= 0.6 is 0 Å². The molecule has 0 saturated carbocycles. The highest BCUT2D eigenvalue weighted by atomic mass is 32.2. The first kappa shape index (κ1) is 28.1. The summed E-state index contributed by atoms with van der Waals surface area (Å²) < 4.78 is 66.3. The maximum absolute atomic E-state index is 14.3. The predicted octanol–water partition coefficient (Wildman–Crippen LogP) is 4.65. The first-order valence-corrected chi connectivity index (χ1v) is 14.1. The molecule has 1 N–H and O–H groups in total. The van der Waals surface area contributed by atoms with Crippen LogP contribution in [0, 0.1) is 11.6 Å². The highest BCUT2D eigenvalue weighted by Gasteiger charge is 2.22. The van der Waals surface area contributed by atoms with Gasteiger partial charge in [-0.3, -0.25) is 14.5 Å². The second kappa shape index (κ2) is 11.6. The fourth-order valence-electron chi connectivity index (χ4n) is 4.55. The summed E-state index contributed by atoms with van der Waals surface area (Å²) in [5, 5.41) is 0.778. The van der Waals surface area contributed by atoms with E-state index in [1.807, 2.05) is 25.1 Å². The number of pyridine rings is 2. The summed E-state index contributed by atoms with van der Waals surface area (Å²) in [5.41, 5.74) is 3.45. The molecule has 2 aromatic heterocycles. The number of morpholine rings is 1. The molecule has 0 spiro atoms. The number of sulfonamides is 1. The molecular formula is C29H26F2N4O5S. The van der Waals surface area contributed by atoms with E-state index in [0.717, 1.165) is 28.7 Å². The van der Waals surface area contributed by atoms with Crippen LogP contribution < -0.4 is 9.46 Å². The molecule has 2 aromatic carbocycles. The van der Waals surface area contributed by atoms with Crippen molar-refractivity contribution < 1.29 is 31.5 Å². The van der Waals surface area contributed by atoms with E-state index in [0.29, 0.717) is 49.0 Å². The van der Waals surface area contributed by atoms with E-state index in [1.54, 1.807) is 23.2 Å². The maximum Gasteiger partial charge on any atom is 0.264 e. The number of allylic oxidation sites excluding steroid dienone is 1. The first-order chi connectivity index (χ1) is 19.7. The van der Waals surface area contributed by atoms with Gasteiger partial charge >= 0.3 is 0 Å². The van der Waals surface area contributed by atoms with Crippen molar-refractivity contribution in [2.75, 3.05) is 38.1 Å². The van der Waals surface area contributed by atoms with Gasteiger partial charge in [0.05, 0.1) is 25.8 Å². The number of anilines is 1. The van der Waals surface area contributed by atoms with E-state index in [1.165, 1.54) is 19.4 Å². The minimum absolute atomic E-state index is 0.0348. The molecule has 1 aliphatic rings. The molecule has 9 nitrogen and oxygen atoms in total. The van der Waals surface area contributed by atoms with Crippen molar-refractivity contribution in [3.05, 3.63) is 84.2 Å². The van der Waals surface area contributed by atoms with Crippen molar-refractivity contribution in [3.63, 3.8) is 0 Å². The Hall–Kier alpha value is -4.42. The maximum atomic E-state index is 14.3. The molecule has 0 radical (unpaired) electrons. The Labute approximate surface area is 235 Å². The fourth-order valence-corrected chi connectivity index (χ4v) is 5.65. The number of nitrogens with one attached hydrogen (secondary N) is 1. The number of hydrogen-bond acceptors (Lipinski definition) is 7. The van der Waals surface area contributed by atoms with E-state index in [-0.39, 0.29) is 17.5 Å². The van der Waals surface area contributed by atoms with Crippen LogP contribution in [0.5, 0.6) is 5.88 Å². The van der Waals surface area contributed by atoms with E-state index < -0.39 is 26.6 Å². The summed E-state index contributed by atoms with van der Waals surface area (Å²) in [5.74, 6) is -2.27. The molecule has 0 atom stereocenters. The van der Waals surface area contributed by atoms with Crippen LogP contribution in [0.1, 0.15) is 12.5 Å². The molecule has 0 aliphatic carbocycles. The summed E-state index contributed by atoms with van der Waals surface area (Å²) in [6.07, 6.45) is 4.78. The van der Waals surface area contributed by atoms with Crippen LogP contribution in [0.25, 0.3) is 27.6 Å². The quantitative estimate of drug-likeness (QED) is 0.317. The summed E-state index contributed by atoms with van der Waals surface area (Å²) >= 11 is 0. The minimum atomic E-state index is -4.44. The molecule has 1 aliphatic heterocycles. The third kappa shape index (κ3) is 6.03. The van der Waals surface area contributed by atoms with Crippen molar-refractivity contribution in [2.24, 2.45) is 0 Å². The first-order valence-electron chi connectivity index (χ1n) is 12.6. The Bertz CT molecular complexity index is 1770. The van der Waals surface area contributed by atoms with Gasteiger partial charge in [-0.15, -0.1) is 0 Å². The molecule has 1 saturated heterocycles. The van der Waals surface area contributed by atoms with E-state index in [4.69, 9.17) is 9.47 Å². The lowest BCUT2D eigenvalue weighted by Crippen LogP contribution is -2.39. The summed E-state index contributed by atoms with van der Waals surface area (Å²) in [6, 6.07) is 11.0.